The van der Waals surface area contributed by atoms with Crippen molar-refractivity contribution < 1.29 is 18.0 Å². The van der Waals surface area contributed by atoms with Gasteiger partial charge in [-0.05, 0) is 51.6 Å². The maximum absolute atomic E-state index is 12.3. The van der Waals surface area contributed by atoms with Gasteiger partial charge in [0, 0.05) is 5.92 Å². The Hall–Kier alpha value is -0.790. The van der Waals surface area contributed by atoms with E-state index < -0.39 is 18.1 Å². The Balaban J connectivity index is 0.00000156. The van der Waals surface area contributed by atoms with E-state index in [2.05, 4.69) is 10.6 Å². The van der Waals surface area contributed by atoms with E-state index in [-0.39, 0.29) is 36.6 Å². The van der Waals surface area contributed by atoms with Gasteiger partial charge < -0.3 is 10.6 Å². The minimum atomic E-state index is -4.13. The van der Waals surface area contributed by atoms with Crippen LogP contribution in [0, 0.1) is 5.92 Å². The molecule has 1 saturated carbocycles. The number of amides is 1. The lowest BCUT2D eigenvalue weighted by atomic mass is 9.84. The van der Waals surface area contributed by atoms with Gasteiger partial charge in [0.2, 0.25) is 0 Å². The second kappa shape index (κ2) is 8.73. The van der Waals surface area contributed by atoms with Crippen LogP contribution in [0.5, 0.6) is 0 Å². The molecular weight excluding hydrogens is 378 g/mol. The first-order valence-corrected chi connectivity index (χ1v) is 8.25. The molecule has 144 valence electrons. The second-order valence-corrected chi connectivity index (χ2v) is 6.69. The number of carbonyl (C=O) groups excluding carboxylic acids is 1. The number of hydrogen-bond acceptors (Lipinski definition) is 3. The van der Waals surface area contributed by atoms with Crippen LogP contribution in [0.1, 0.15) is 44.9 Å². The highest BCUT2D eigenvalue weighted by atomic mass is 35.5. The Morgan fingerprint density at radius 3 is 2.32 bits per heavy atom. The molecule has 1 amide bonds. The third-order valence-corrected chi connectivity index (χ3v) is 5.07. The fraction of sp³-hybridized carbons (Fsp3) is 0.750. The van der Waals surface area contributed by atoms with Crippen LogP contribution in [0.3, 0.4) is 0 Å². The van der Waals surface area contributed by atoms with E-state index in [9.17, 15) is 18.0 Å². The smallest absolute Gasteiger partial charge is 0.317 e. The number of nitrogens with one attached hydrogen (secondary N) is 2. The summed E-state index contributed by atoms with van der Waals surface area (Å²) in [5.41, 5.74) is 0.271. The Bertz CT molecular complexity index is 533. The number of alkyl halides is 3. The fourth-order valence-corrected chi connectivity index (χ4v) is 3.64. The van der Waals surface area contributed by atoms with E-state index in [1.807, 2.05) is 0 Å². The van der Waals surface area contributed by atoms with E-state index in [0.717, 1.165) is 37.3 Å². The third-order valence-electron chi connectivity index (χ3n) is 5.07. The quantitative estimate of drug-likeness (QED) is 0.695. The van der Waals surface area contributed by atoms with Crippen molar-refractivity contribution in [2.45, 2.75) is 56.7 Å². The summed E-state index contributed by atoms with van der Waals surface area (Å²) in [6, 6.07) is 0. The maximum Gasteiger partial charge on any atom is 0.392 e. The van der Waals surface area contributed by atoms with Gasteiger partial charge in [0.15, 0.2) is 0 Å². The normalized spacial score (nSPS) is 25.6. The zero-order valence-corrected chi connectivity index (χ0v) is 15.5. The predicted molar refractivity (Wildman–Crippen MR) is 95.6 cm³/mol. The van der Waals surface area contributed by atoms with Gasteiger partial charge in [-0.25, -0.2) is 0 Å². The van der Waals surface area contributed by atoms with Crippen LogP contribution in [-0.2, 0) is 4.79 Å². The molecule has 1 spiro atoms. The van der Waals surface area contributed by atoms with E-state index in [4.69, 9.17) is 4.99 Å². The Labute approximate surface area is 157 Å². The van der Waals surface area contributed by atoms with Crippen molar-refractivity contribution in [3.05, 3.63) is 11.6 Å². The number of piperidine rings is 1. The maximum atomic E-state index is 12.3. The molecule has 0 aromatic rings. The highest BCUT2D eigenvalue weighted by Gasteiger charge is 2.45. The van der Waals surface area contributed by atoms with Crippen LogP contribution >= 0.6 is 24.8 Å². The molecule has 0 aromatic carbocycles. The summed E-state index contributed by atoms with van der Waals surface area (Å²) in [4.78, 5) is 17.0. The first-order valence-electron chi connectivity index (χ1n) is 8.25. The highest BCUT2D eigenvalue weighted by molar-refractivity contribution is 6.09. The lowest BCUT2D eigenvalue weighted by molar-refractivity contribution is -0.125. The van der Waals surface area contributed by atoms with E-state index in [0.29, 0.717) is 25.7 Å². The Kier molecular flexibility index (Phi) is 7.77. The molecule has 2 heterocycles. The molecular formula is C16H24Cl2F3N3O. The summed E-state index contributed by atoms with van der Waals surface area (Å²) in [5, 5.41) is 6.17. The van der Waals surface area contributed by atoms with Gasteiger partial charge in [0.05, 0.1) is 6.42 Å². The molecule has 4 nitrogen and oxygen atoms in total. The molecule has 2 N–H and O–H groups in total. The standard InChI is InChI=1S/C16H22F3N3O.2ClH/c17-16(18,19)6-5-11-1-3-12(4-2-11)13-21-14(23)15(22-13)7-9-20-10-8-15;;/h5,12,20H,1-4,6-10H2,(H,21,22,23);2*1H. The number of allylic oxidation sites excluding steroid dienone is 2. The van der Waals surface area contributed by atoms with Crippen LogP contribution < -0.4 is 10.6 Å². The third kappa shape index (κ3) is 5.34. The van der Waals surface area contributed by atoms with Crippen molar-refractivity contribution in [3.63, 3.8) is 0 Å². The van der Waals surface area contributed by atoms with Crippen LogP contribution in [0.15, 0.2) is 16.6 Å². The molecule has 0 radical (unpaired) electrons. The fourth-order valence-electron chi connectivity index (χ4n) is 3.64. The summed E-state index contributed by atoms with van der Waals surface area (Å²) in [7, 11) is 0. The lowest BCUT2D eigenvalue weighted by Crippen LogP contribution is -2.47. The van der Waals surface area contributed by atoms with Gasteiger partial charge >= 0.3 is 6.18 Å². The van der Waals surface area contributed by atoms with E-state index in [1.165, 1.54) is 6.08 Å². The summed E-state index contributed by atoms with van der Waals surface area (Å²) in [6.45, 7) is 1.58. The van der Waals surface area contributed by atoms with Gasteiger partial charge in [-0.2, -0.15) is 13.2 Å². The molecule has 2 aliphatic heterocycles. The zero-order chi connectivity index (χ0) is 16.5. The molecule has 25 heavy (non-hydrogen) atoms. The van der Waals surface area contributed by atoms with E-state index in [1.54, 1.807) is 0 Å². The number of amidine groups is 1. The monoisotopic (exact) mass is 401 g/mol. The zero-order valence-electron chi connectivity index (χ0n) is 13.8. The number of halogens is 5. The summed E-state index contributed by atoms with van der Waals surface area (Å²) in [6.07, 6.45) is 0.606. The Morgan fingerprint density at radius 2 is 1.76 bits per heavy atom. The topological polar surface area (TPSA) is 53.5 Å². The molecule has 3 rings (SSSR count). The van der Waals surface area contributed by atoms with Crippen LogP contribution in [-0.4, -0.2) is 36.5 Å². The highest BCUT2D eigenvalue weighted by Crippen LogP contribution is 2.35. The van der Waals surface area contributed by atoms with Crippen molar-refractivity contribution in [1.29, 1.82) is 0 Å². The second-order valence-electron chi connectivity index (χ2n) is 6.69. The molecule has 2 fully saturated rings. The minimum Gasteiger partial charge on any atom is -0.317 e. The molecule has 3 aliphatic rings. The summed E-state index contributed by atoms with van der Waals surface area (Å²) in [5.74, 6) is 0.912. The predicted octanol–water partition coefficient (Wildman–Crippen LogP) is 3.55. The van der Waals surface area contributed by atoms with Gasteiger partial charge in [-0.1, -0.05) is 11.6 Å². The number of hydrogen-bond donors (Lipinski definition) is 2. The number of nitrogens with zero attached hydrogens (tertiary/aromatic N) is 1. The SMILES string of the molecule is Cl.Cl.O=C1NC(C2CCC(=CCC(F)(F)F)CC2)=NC12CCNCC2. The first-order chi connectivity index (χ1) is 10.9. The molecule has 0 atom stereocenters. The molecule has 9 heteroatoms. The van der Waals surface area contributed by atoms with Crippen molar-refractivity contribution in [2.24, 2.45) is 10.9 Å². The van der Waals surface area contributed by atoms with Crippen molar-refractivity contribution >= 4 is 36.6 Å². The number of carbonyl (C=O) groups is 1. The minimum absolute atomic E-state index is 0. The summed E-state index contributed by atoms with van der Waals surface area (Å²) >= 11 is 0. The van der Waals surface area contributed by atoms with Crippen LogP contribution in [0.2, 0.25) is 0 Å². The van der Waals surface area contributed by atoms with E-state index >= 15 is 0 Å². The van der Waals surface area contributed by atoms with Crippen LogP contribution in [0.25, 0.3) is 0 Å². The van der Waals surface area contributed by atoms with Gasteiger partial charge in [0.25, 0.3) is 5.91 Å². The van der Waals surface area contributed by atoms with Crippen LogP contribution in [0.4, 0.5) is 13.2 Å². The summed E-state index contributed by atoms with van der Waals surface area (Å²) < 4.78 is 36.8. The van der Waals surface area contributed by atoms with Crippen molar-refractivity contribution in [3.8, 4) is 0 Å². The Morgan fingerprint density at radius 1 is 1.16 bits per heavy atom. The lowest BCUT2D eigenvalue weighted by Gasteiger charge is -2.28. The van der Waals surface area contributed by atoms with Crippen molar-refractivity contribution in [1.82, 2.24) is 10.6 Å². The first kappa shape index (κ1) is 22.3. The molecule has 0 bridgehead atoms. The molecule has 1 aliphatic carbocycles. The van der Waals surface area contributed by atoms with Gasteiger partial charge in [-0.3, -0.25) is 9.79 Å². The largest absolute Gasteiger partial charge is 0.392 e. The molecule has 0 aromatic heterocycles. The number of aliphatic imine (C=N–C) groups is 1. The average molecular weight is 402 g/mol. The van der Waals surface area contributed by atoms with Crippen molar-refractivity contribution in [2.75, 3.05) is 13.1 Å². The number of rotatable bonds is 2. The van der Waals surface area contributed by atoms with Gasteiger partial charge in [0.1, 0.15) is 11.4 Å². The van der Waals surface area contributed by atoms with Gasteiger partial charge in [-0.15, -0.1) is 24.8 Å². The molecule has 1 saturated heterocycles. The molecule has 0 unspecified atom stereocenters. The average Bonchev–Trinajstić information content (AvgIpc) is 2.82.